The zero-order valence-electron chi connectivity index (χ0n) is 25.6. The lowest BCUT2D eigenvalue weighted by molar-refractivity contribution is 1.18. The topological polar surface area (TPSA) is 30.7 Å². The Balaban J connectivity index is 1.32. The maximum atomic E-state index is 4.22. The monoisotopic (exact) mass is 599 g/mol. The minimum absolute atomic E-state index is 1.14. The Morgan fingerprint density at radius 3 is 1.57 bits per heavy atom. The standard InChI is InChI=1S/C44H29N3/c1-2-12-37(13-3-1)47-42-28-35(34-10-6-8-32(26-34)30-18-22-45-23-19-30)16-17-40(42)44-39-15-5-4-14-38(39)41(29-43(44)47)36-11-7-9-33(27-36)31-20-24-46-25-21-31/h1-29H. The highest BCUT2D eigenvalue weighted by Crippen LogP contribution is 2.43. The van der Waals surface area contributed by atoms with Crippen molar-refractivity contribution in [3.8, 4) is 50.2 Å². The van der Waals surface area contributed by atoms with Crippen LogP contribution in [0.3, 0.4) is 0 Å². The highest BCUT2D eigenvalue weighted by molar-refractivity contribution is 6.24. The van der Waals surface area contributed by atoms with Crippen molar-refractivity contribution < 1.29 is 0 Å². The molecule has 0 fully saturated rings. The number of hydrogen-bond donors (Lipinski definition) is 0. The largest absolute Gasteiger partial charge is 0.309 e. The van der Waals surface area contributed by atoms with Crippen LogP contribution in [0.5, 0.6) is 0 Å². The Bertz CT molecular complexity index is 2550. The van der Waals surface area contributed by atoms with Gasteiger partial charge in [0.05, 0.1) is 11.0 Å². The number of aromatic nitrogens is 3. The number of rotatable bonds is 5. The van der Waals surface area contributed by atoms with E-state index in [0.717, 1.165) is 16.8 Å². The van der Waals surface area contributed by atoms with Gasteiger partial charge in [0.25, 0.3) is 0 Å². The lowest BCUT2D eigenvalue weighted by Gasteiger charge is -2.13. The number of nitrogens with zero attached hydrogens (tertiary/aromatic N) is 3. The van der Waals surface area contributed by atoms with Gasteiger partial charge in [-0.15, -0.1) is 0 Å². The van der Waals surface area contributed by atoms with E-state index in [0.29, 0.717) is 0 Å². The minimum Gasteiger partial charge on any atom is -0.309 e. The van der Waals surface area contributed by atoms with Gasteiger partial charge in [0.2, 0.25) is 0 Å². The van der Waals surface area contributed by atoms with Gasteiger partial charge in [-0.3, -0.25) is 9.97 Å². The van der Waals surface area contributed by atoms with Crippen LogP contribution in [0.1, 0.15) is 0 Å². The fourth-order valence-electron chi connectivity index (χ4n) is 6.98. The summed E-state index contributed by atoms with van der Waals surface area (Å²) < 4.78 is 2.43. The summed E-state index contributed by atoms with van der Waals surface area (Å²) in [7, 11) is 0. The first-order valence-corrected chi connectivity index (χ1v) is 15.9. The highest BCUT2D eigenvalue weighted by Gasteiger charge is 2.19. The molecular weight excluding hydrogens is 571 g/mol. The summed E-state index contributed by atoms with van der Waals surface area (Å²) >= 11 is 0. The third kappa shape index (κ3) is 4.68. The maximum Gasteiger partial charge on any atom is 0.0553 e. The zero-order chi connectivity index (χ0) is 31.2. The van der Waals surface area contributed by atoms with E-state index in [-0.39, 0.29) is 0 Å². The first kappa shape index (κ1) is 27.0. The van der Waals surface area contributed by atoms with Crippen LogP contribution in [-0.4, -0.2) is 14.5 Å². The average molecular weight is 600 g/mol. The van der Waals surface area contributed by atoms with Crippen LogP contribution in [0.15, 0.2) is 176 Å². The molecule has 9 rings (SSSR count). The van der Waals surface area contributed by atoms with Crippen LogP contribution < -0.4 is 0 Å². The van der Waals surface area contributed by atoms with Crippen LogP contribution in [0.4, 0.5) is 0 Å². The van der Waals surface area contributed by atoms with Crippen molar-refractivity contribution in [2.75, 3.05) is 0 Å². The van der Waals surface area contributed by atoms with E-state index in [2.05, 4.69) is 166 Å². The van der Waals surface area contributed by atoms with Gasteiger partial charge >= 0.3 is 0 Å². The first-order chi connectivity index (χ1) is 23.3. The summed E-state index contributed by atoms with van der Waals surface area (Å²) in [5.74, 6) is 0. The fourth-order valence-corrected chi connectivity index (χ4v) is 6.98. The van der Waals surface area contributed by atoms with E-state index in [9.17, 15) is 0 Å². The molecule has 220 valence electrons. The van der Waals surface area contributed by atoms with Crippen LogP contribution in [-0.2, 0) is 0 Å². The van der Waals surface area contributed by atoms with Crippen LogP contribution in [0, 0.1) is 0 Å². The van der Waals surface area contributed by atoms with Gasteiger partial charge in [-0.25, -0.2) is 0 Å². The third-order valence-corrected chi connectivity index (χ3v) is 9.18. The van der Waals surface area contributed by atoms with E-state index in [1.165, 1.54) is 66.0 Å². The zero-order valence-corrected chi connectivity index (χ0v) is 25.6. The van der Waals surface area contributed by atoms with Crippen molar-refractivity contribution in [2.45, 2.75) is 0 Å². The van der Waals surface area contributed by atoms with Gasteiger partial charge in [-0.1, -0.05) is 91.0 Å². The highest BCUT2D eigenvalue weighted by atomic mass is 15.0. The third-order valence-electron chi connectivity index (χ3n) is 9.18. The van der Waals surface area contributed by atoms with Crippen molar-refractivity contribution in [3.63, 3.8) is 0 Å². The average Bonchev–Trinajstić information content (AvgIpc) is 3.49. The Morgan fingerprint density at radius 2 is 0.894 bits per heavy atom. The number of benzene rings is 6. The fraction of sp³-hybridized carbons (Fsp3) is 0. The molecule has 47 heavy (non-hydrogen) atoms. The lowest BCUT2D eigenvalue weighted by Crippen LogP contribution is -1.94. The molecule has 0 unspecified atom stereocenters. The molecule has 3 nitrogen and oxygen atoms in total. The molecule has 0 amide bonds. The van der Waals surface area contributed by atoms with E-state index >= 15 is 0 Å². The van der Waals surface area contributed by atoms with Crippen LogP contribution in [0.25, 0.3) is 82.8 Å². The molecule has 0 aliphatic heterocycles. The van der Waals surface area contributed by atoms with Gasteiger partial charge in [0.1, 0.15) is 0 Å². The van der Waals surface area contributed by atoms with Crippen molar-refractivity contribution in [2.24, 2.45) is 0 Å². The molecule has 0 saturated heterocycles. The molecule has 0 aliphatic rings. The molecule has 0 atom stereocenters. The van der Waals surface area contributed by atoms with Crippen LogP contribution in [0.2, 0.25) is 0 Å². The molecule has 0 spiro atoms. The lowest BCUT2D eigenvalue weighted by atomic mass is 9.93. The molecule has 9 aromatic rings. The summed E-state index contributed by atoms with van der Waals surface area (Å²) in [6.07, 6.45) is 7.40. The van der Waals surface area contributed by atoms with Gasteiger partial charge < -0.3 is 4.57 Å². The Hall–Kier alpha value is -6.32. The molecule has 0 aliphatic carbocycles. The van der Waals surface area contributed by atoms with Crippen molar-refractivity contribution >= 4 is 32.6 Å². The minimum atomic E-state index is 1.14. The Morgan fingerprint density at radius 1 is 0.340 bits per heavy atom. The van der Waals surface area contributed by atoms with Crippen molar-refractivity contribution in [1.29, 1.82) is 0 Å². The van der Waals surface area contributed by atoms with Gasteiger partial charge in [-0.05, 0) is 116 Å². The molecule has 6 aromatic carbocycles. The summed E-state index contributed by atoms with van der Waals surface area (Å²) in [5, 5.41) is 5.01. The molecule has 0 saturated carbocycles. The molecular formula is C44H29N3. The van der Waals surface area contributed by atoms with Gasteiger partial charge in [-0.2, -0.15) is 0 Å². The quantitative estimate of drug-likeness (QED) is 0.197. The molecule has 0 radical (unpaired) electrons. The molecule has 3 heterocycles. The second kappa shape index (κ2) is 11.2. The van der Waals surface area contributed by atoms with Gasteiger partial charge in [0, 0.05) is 41.2 Å². The Kier molecular flexibility index (Phi) is 6.46. The molecule has 0 bridgehead atoms. The van der Waals surface area contributed by atoms with E-state index < -0.39 is 0 Å². The molecule has 0 N–H and O–H groups in total. The summed E-state index contributed by atoms with van der Waals surface area (Å²) in [5.41, 5.74) is 13.0. The second-order valence-corrected chi connectivity index (χ2v) is 11.9. The maximum absolute atomic E-state index is 4.22. The number of para-hydroxylation sites is 1. The first-order valence-electron chi connectivity index (χ1n) is 15.9. The van der Waals surface area contributed by atoms with Crippen molar-refractivity contribution in [1.82, 2.24) is 14.5 Å². The number of pyridine rings is 2. The van der Waals surface area contributed by atoms with E-state index in [4.69, 9.17) is 0 Å². The smallest absolute Gasteiger partial charge is 0.0553 e. The van der Waals surface area contributed by atoms with Crippen molar-refractivity contribution in [3.05, 3.63) is 176 Å². The number of fused-ring (bicyclic) bond motifs is 5. The molecule has 3 aromatic heterocycles. The summed E-state index contributed by atoms with van der Waals surface area (Å²) in [6.45, 7) is 0. The molecule has 3 heteroatoms. The summed E-state index contributed by atoms with van der Waals surface area (Å²) in [6, 6.07) is 54.8. The SMILES string of the molecule is c1ccc(-n2c3cc(-c4cccc(-c5ccncc5)c4)ccc3c3c4ccccc4c(-c4cccc(-c5ccncc5)c4)cc32)cc1. The second-order valence-electron chi connectivity index (χ2n) is 11.9. The predicted octanol–water partition coefficient (Wildman–Crippen LogP) is 11.4. The summed E-state index contributed by atoms with van der Waals surface area (Å²) in [4.78, 5) is 8.43. The Labute approximate surface area is 273 Å². The predicted molar refractivity (Wildman–Crippen MR) is 196 cm³/mol. The number of hydrogen-bond acceptors (Lipinski definition) is 2. The van der Waals surface area contributed by atoms with E-state index in [1.807, 2.05) is 24.8 Å². The van der Waals surface area contributed by atoms with Gasteiger partial charge in [0.15, 0.2) is 0 Å². The normalized spacial score (nSPS) is 11.4. The van der Waals surface area contributed by atoms with E-state index in [1.54, 1.807) is 0 Å². The van der Waals surface area contributed by atoms with Crippen LogP contribution >= 0.6 is 0 Å².